The van der Waals surface area contributed by atoms with Gasteiger partial charge in [-0.1, -0.05) is 84.0 Å². The van der Waals surface area contributed by atoms with E-state index in [9.17, 15) is 4.79 Å². The van der Waals surface area contributed by atoms with Crippen molar-refractivity contribution >= 4 is 35.0 Å². The number of carbonyl (C=O) groups excluding carboxylic acids is 1. The first-order valence-electron chi connectivity index (χ1n) is 10.5. The fraction of sp³-hybridized carbons (Fsp3) is 0.115. The Hall–Kier alpha value is -3.35. The Morgan fingerprint density at radius 3 is 2.64 bits per heavy atom. The maximum absolute atomic E-state index is 12.6. The van der Waals surface area contributed by atoms with Crippen LogP contribution in [0.5, 0.6) is 11.6 Å². The molecule has 1 aromatic heterocycles. The van der Waals surface area contributed by atoms with Gasteiger partial charge in [0.25, 0.3) is 0 Å². The molecule has 2 heterocycles. The molecule has 0 radical (unpaired) electrons. The van der Waals surface area contributed by atoms with E-state index in [4.69, 9.17) is 26.3 Å². The fourth-order valence-corrected chi connectivity index (χ4v) is 4.69. The molecular weight excluding hydrogens is 454 g/mol. The highest BCUT2D eigenvalue weighted by atomic mass is 35.5. The predicted octanol–water partition coefficient (Wildman–Crippen LogP) is 6.53. The van der Waals surface area contributed by atoms with Gasteiger partial charge in [-0.25, -0.2) is 4.98 Å². The minimum absolute atomic E-state index is 0.158. The Morgan fingerprint density at radius 2 is 1.82 bits per heavy atom. The molecular formula is C26H20ClN3O2S. The number of rotatable bonds is 5. The lowest BCUT2D eigenvalue weighted by molar-refractivity contribution is -0.113. The second kappa shape index (κ2) is 9.25. The van der Waals surface area contributed by atoms with E-state index in [0.29, 0.717) is 28.8 Å². The van der Waals surface area contributed by atoms with Gasteiger partial charge in [0.2, 0.25) is 11.8 Å². The predicted molar refractivity (Wildman–Crippen MR) is 132 cm³/mol. The van der Waals surface area contributed by atoms with Crippen LogP contribution in [0.2, 0.25) is 5.02 Å². The number of ether oxygens (including phenoxy) is 1. The highest BCUT2D eigenvalue weighted by Gasteiger charge is 2.25. The Labute approximate surface area is 201 Å². The van der Waals surface area contributed by atoms with Gasteiger partial charge >= 0.3 is 0 Å². The standard InChI is InChI=1S/C26H20ClN3O2S/c1-16-8-7-11-18-14-19-25(32-23(16)18)29-24(17-9-3-2-4-10-17)30-26(19)33-15-22(31)28-21-13-6-5-12-20(21)27/h2-13H,14-15H2,1H3,(H,28,31). The van der Waals surface area contributed by atoms with Crippen LogP contribution in [0.3, 0.4) is 0 Å². The number of thioether (sulfide) groups is 1. The van der Waals surface area contributed by atoms with Crippen LogP contribution in [0.25, 0.3) is 11.4 Å². The average molecular weight is 474 g/mol. The summed E-state index contributed by atoms with van der Waals surface area (Å²) in [5.41, 5.74) is 4.52. The largest absolute Gasteiger partial charge is 0.438 e. The first-order valence-corrected chi connectivity index (χ1v) is 11.8. The zero-order valence-electron chi connectivity index (χ0n) is 17.8. The summed E-state index contributed by atoms with van der Waals surface area (Å²) >= 11 is 7.54. The van der Waals surface area contributed by atoms with Crippen molar-refractivity contribution in [2.75, 3.05) is 11.1 Å². The van der Waals surface area contributed by atoms with Gasteiger partial charge in [0, 0.05) is 12.0 Å². The van der Waals surface area contributed by atoms with Crippen molar-refractivity contribution in [1.29, 1.82) is 0 Å². The molecule has 5 nitrogen and oxygen atoms in total. The molecule has 0 unspecified atom stereocenters. The Bertz CT molecular complexity index is 1340. The van der Waals surface area contributed by atoms with Crippen molar-refractivity contribution in [3.05, 3.63) is 94.5 Å². The summed E-state index contributed by atoms with van der Waals surface area (Å²) in [7, 11) is 0. The van der Waals surface area contributed by atoms with E-state index in [1.165, 1.54) is 11.8 Å². The quantitative estimate of drug-likeness (QED) is 0.232. The van der Waals surface area contributed by atoms with E-state index in [-0.39, 0.29) is 11.7 Å². The van der Waals surface area contributed by atoms with Crippen LogP contribution in [-0.4, -0.2) is 21.6 Å². The molecule has 33 heavy (non-hydrogen) atoms. The first kappa shape index (κ1) is 21.5. The number of nitrogens with one attached hydrogen (secondary N) is 1. The number of aromatic nitrogens is 2. The molecule has 1 aliphatic heterocycles. The van der Waals surface area contributed by atoms with E-state index in [1.807, 2.05) is 61.5 Å². The van der Waals surface area contributed by atoms with Crippen molar-refractivity contribution in [2.24, 2.45) is 0 Å². The van der Waals surface area contributed by atoms with Crippen molar-refractivity contribution in [2.45, 2.75) is 18.4 Å². The number of anilines is 1. The van der Waals surface area contributed by atoms with Crippen LogP contribution in [0.1, 0.15) is 16.7 Å². The van der Waals surface area contributed by atoms with Crippen LogP contribution in [0.15, 0.2) is 77.8 Å². The van der Waals surface area contributed by atoms with Crippen LogP contribution in [-0.2, 0) is 11.2 Å². The molecule has 3 aromatic carbocycles. The lowest BCUT2D eigenvalue weighted by atomic mass is 10.0. The number of aryl methyl sites for hydroxylation is 1. The number of benzene rings is 3. The van der Waals surface area contributed by atoms with Crippen molar-refractivity contribution in [3.8, 4) is 23.0 Å². The lowest BCUT2D eigenvalue weighted by Gasteiger charge is -2.23. The van der Waals surface area contributed by atoms with Gasteiger partial charge in [-0.05, 0) is 30.2 Å². The number of para-hydroxylation sites is 2. The zero-order valence-corrected chi connectivity index (χ0v) is 19.4. The molecule has 0 fully saturated rings. The summed E-state index contributed by atoms with van der Waals surface area (Å²) in [4.78, 5) is 22.2. The summed E-state index contributed by atoms with van der Waals surface area (Å²) in [6.07, 6.45) is 0.649. The SMILES string of the molecule is Cc1cccc2c1Oc1nc(-c3ccccc3)nc(SCC(=O)Nc3ccccc3Cl)c1C2. The molecule has 1 aliphatic rings. The third-order valence-electron chi connectivity index (χ3n) is 5.31. The molecule has 1 amide bonds. The molecule has 0 bridgehead atoms. The summed E-state index contributed by atoms with van der Waals surface area (Å²) < 4.78 is 6.25. The molecule has 0 spiro atoms. The third kappa shape index (κ3) is 4.58. The molecule has 4 aromatic rings. The number of hydrogen-bond acceptors (Lipinski definition) is 5. The molecule has 164 valence electrons. The van der Waals surface area contributed by atoms with Crippen LogP contribution in [0, 0.1) is 6.92 Å². The maximum Gasteiger partial charge on any atom is 0.234 e. The highest BCUT2D eigenvalue weighted by molar-refractivity contribution is 8.00. The van der Waals surface area contributed by atoms with E-state index in [2.05, 4.69) is 11.4 Å². The number of fused-ring (bicyclic) bond motifs is 2. The van der Waals surface area contributed by atoms with Gasteiger partial charge in [-0.3, -0.25) is 4.79 Å². The summed E-state index contributed by atoms with van der Waals surface area (Å²) in [5.74, 6) is 1.98. The minimum Gasteiger partial charge on any atom is -0.438 e. The molecule has 1 N–H and O–H groups in total. The number of nitrogens with zero attached hydrogens (tertiary/aromatic N) is 2. The molecule has 7 heteroatoms. The van der Waals surface area contributed by atoms with Gasteiger partial charge in [0.05, 0.1) is 22.0 Å². The number of hydrogen-bond donors (Lipinski definition) is 1. The van der Waals surface area contributed by atoms with Crippen molar-refractivity contribution < 1.29 is 9.53 Å². The van der Waals surface area contributed by atoms with Crippen molar-refractivity contribution in [3.63, 3.8) is 0 Å². The number of halogens is 1. The Balaban J connectivity index is 1.46. The second-order valence-electron chi connectivity index (χ2n) is 7.66. The van der Waals surface area contributed by atoms with Crippen LogP contribution >= 0.6 is 23.4 Å². The topological polar surface area (TPSA) is 64.1 Å². The summed E-state index contributed by atoms with van der Waals surface area (Å²) in [5, 5.41) is 4.10. The lowest BCUT2D eigenvalue weighted by Crippen LogP contribution is -2.15. The third-order valence-corrected chi connectivity index (χ3v) is 6.66. The summed E-state index contributed by atoms with van der Waals surface area (Å²) in [6, 6.07) is 23.0. The molecule has 0 atom stereocenters. The van der Waals surface area contributed by atoms with E-state index in [1.54, 1.807) is 12.1 Å². The fourth-order valence-electron chi connectivity index (χ4n) is 3.68. The van der Waals surface area contributed by atoms with E-state index in [0.717, 1.165) is 33.0 Å². The maximum atomic E-state index is 12.6. The van der Waals surface area contributed by atoms with Gasteiger partial charge in [0.15, 0.2) is 5.82 Å². The van der Waals surface area contributed by atoms with Crippen LogP contribution < -0.4 is 10.1 Å². The van der Waals surface area contributed by atoms with Gasteiger partial charge in [-0.15, -0.1) is 0 Å². The molecule has 0 saturated carbocycles. The smallest absolute Gasteiger partial charge is 0.234 e. The summed E-state index contributed by atoms with van der Waals surface area (Å²) in [6.45, 7) is 2.03. The monoisotopic (exact) mass is 473 g/mol. The molecule has 0 saturated heterocycles. The highest BCUT2D eigenvalue weighted by Crippen LogP contribution is 2.41. The normalized spacial score (nSPS) is 11.8. The molecule has 0 aliphatic carbocycles. The molecule has 5 rings (SSSR count). The van der Waals surface area contributed by atoms with Crippen LogP contribution in [0.4, 0.5) is 5.69 Å². The number of carbonyl (C=O) groups is 1. The van der Waals surface area contributed by atoms with Gasteiger partial charge in [-0.2, -0.15) is 4.98 Å². The number of amides is 1. The first-order chi connectivity index (χ1) is 16.1. The Kier molecular flexibility index (Phi) is 6.03. The van der Waals surface area contributed by atoms with Gasteiger partial charge < -0.3 is 10.1 Å². The van der Waals surface area contributed by atoms with E-state index >= 15 is 0 Å². The zero-order chi connectivity index (χ0) is 22.8. The van der Waals surface area contributed by atoms with E-state index < -0.39 is 0 Å². The minimum atomic E-state index is -0.158. The second-order valence-corrected chi connectivity index (χ2v) is 9.03. The van der Waals surface area contributed by atoms with Crippen molar-refractivity contribution in [1.82, 2.24) is 9.97 Å². The average Bonchev–Trinajstić information content (AvgIpc) is 2.84. The Morgan fingerprint density at radius 1 is 1.03 bits per heavy atom. The van der Waals surface area contributed by atoms with Gasteiger partial charge in [0.1, 0.15) is 10.8 Å².